The van der Waals surface area contributed by atoms with Gasteiger partial charge in [0.25, 0.3) is 6.71 Å². The molecule has 2 nitrogen and oxygen atoms in total. The molecule has 0 bridgehead atoms. The number of nitrogens with zero attached hydrogens (tertiary/aromatic N) is 2. The highest BCUT2D eigenvalue weighted by atomic mass is 15.2. The Morgan fingerprint density at radius 2 is 0.608 bits per heavy atom. The van der Waals surface area contributed by atoms with Crippen molar-refractivity contribution in [2.75, 3.05) is 9.80 Å². The van der Waals surface area contributed by atoms with E-state index >= 15 is 0 Å². The fourth-order valence-corrected chi connectivity index (χ4v) is 12.6. The van der Waals surface area contributed by atoms with E-state index in [9.17, 15) is 0 Å². The minimum Gasteiger partial charge on any atom is -0.311 e. The van der Waals surface area contributed by atoms with Crippen LogP contribution < -0.4 is 26.2 Å². The Hall–Kier alpha value is -7.62. The Balaban J connectivity index is 1.06. The molecule has 0 spiro atoms. The summed E-state index contributed by atoms with van der Waals surface area (Å²) in [6.45, 7) is 34.8. The van der Waals surface area contributed by atoms with E-state index in [1.165, 1.54) is 133 Å². The Morgan fingerprint density at radius 1 is 0.266 bits per heavy atom. The van der Waals surface area contributed by atoms with Gasteiger partial charge in [0.05, 0.1) is 0 Å². The van der Waals surface area contributed by atoms with Crippen LogP contribution in [-0.4, -0.2) is 6.71 Å². The SMILES string of the molecule is CC(C)(C)c1ccc(-c2c3ccccc3c(-c3ccc(-c4ccc5c(c4)B4c6ccc(C(C)(C)C)cc6N(c6ccc(C(C)(C)C)cc6)c6cc(C(C)(C)C)cc(c64)N5c4ccc(C(C)(C)C)cc4)cc3)c3ccccc23)cc1. The first-order valence-corrected chi connectivity index (χ1v) is 28.8. The molecule has 2 aliphatic heterocycles. The highest BCUT2D eigenvalue weighted by molar-refractivity contribution is 7.00. The molecular weight excluding hydrogens is 952 g/mol. The monoisotopic (exact) mass is 1030 g/mol. The third-order valence-electron chi connectivity index (χ3n) is 17.3. The van der Waals surface area contributed by atoms with Gasteiger partial charge in [-0.25, -0.2) is 0 Å². The van der Waals surface area contributed by atoms with Gasteiger partial charge in [-0.1, -0.05) is 249 Å². The molecule has 0 radical (unpaired) electrons. The number of benzene rings is 10. The molecule has 0 aromatic heterocycles. The standard InChI is InChI=1S/C76H77BN2/c1-72(2,3)52-31-28-50(29-32-52)70-61-22-18-16-20-59(61)69(60-21-17-19-23-62(60)70)49-26-24-48(25-27-49)51-30-43-65-64(44-51)77-63-42-37-55(75(10,11)12)45-66(63)79(58-40-35-54(36-41-58)74(7,8)9)68-47-56(76(13,14)15)46-67(71(68)77)78(65)57-38-33-53(34-39-57)73(4,5)6/h16-47H,1-15H3. The summed E-state index contributed by atoms with van der Waals surface area (Å²) in [7, 11) is 0. The molecular formula is C76H77BN2. The lowest BCUT2D eigenvalue weighted by atomic mass is 9.33. The second-order valence-electron chi connectivity index (χ2n) is 27.9. The maximum atomic E-state index is 2.60. The van der Waals surface area contributed by atoms with Crippen molar-refractivity contribution in [1.82, 2.24) is 0 Å². The smallest absolute Gasteiger partial charge is 0.252 e. The van der Waals surface area contributed by atoms with Crippen LogP contribution in [0.3, 0.4) is 0 Å². The molecule has 10 aromatic carbocycles. The normalized spacial score (nSPS) is 13.7. The zero-order valence-corrected chi connectivity index (χ0v) is 49.4. The molecule has 394 valence electrons. The molecule has 0 unspecified atom stereocenters. The van der Waals surface area contributed by atoms with Crippen molar-refractivity contribution in [2.45, 2.75) is 131 Å². The summed E-state index contributed by atoms with van der Waals surface area (Å²) in [5, 5.41) is 5.07. The number of rotatable bonds is 5. The van der Waals surface area contributed by atoms with Crippen LogP contribution in [0.2, 0.25) is 0 Å². The first kappa shape index (κ1) is 52.1. The predicted octanol–water partition coefficient (Wildman–Crippen LogP) is 19.6. The number of fused-ring (bicyclic) bond motifs is 6. The van der Waals surface area contributed by atoms with Crippen molar-refractivity contribution in [2.24, 2.45) is 0 Å². The third kappa shape index (κ3) is 9.08. The summed E-state index contributed by atoms with van der Waals surface area (Å²) in [6, 6.07) is 75.2. The van der Waals surface area contributed by atoms with Crippen molar-refractivity contribution in [3.05, 3.63) is 222 Å². The highest BCUT2D eigenvalue weighted by Gasteiger charge is 2.45. The second-order valence-corrected chi connectivity index (χ2v) is 27.9. The van der Waals surface area contributed by atoms with Crippen molar-refractivity contribution >= 4 is 78.8 Å². The third-order valence-corrected chi connectivity index (χ3v) is 17.3. The average Bonchev–Trinajstić information content (AvgIpc) is 3.44. The lowest BCUT2D eigenvalue weighted by Crippen LogP contribution is -2.61. The van der Waals surface area contributed by atoms with Gasteiger partial charge in [-0.05, 0) is 175 Å². The van der Waals surface area contributed by atoms with Gasteiger partial charge in [0.2, 0.25) is 0 Å². The molecule has 0 saturated heterocycles. The maximum Gasteiger partial charge on any atom is 0.252 e. The van der Waals surface area contributed by atoms with Crippen molar-refractivity contribution in [1.29, 1.82) is 0 Å². The summed E-state index contributed by atoms with van der Waals surface area (Å²) < 4.78 is 0. The van der Waals surface area contributed by atoms with Crippen molar-refractivity contribution < 1.29 is 0 Å². The van der Waals surface area contributed by atoms with Crippen LogP contribution in [0.15, 0.2) is 194 Å². The fraction of sp³-hybridized carbons (Fsp3) is 0.263. The Morgan fingerprint density at radius 3 is 1.03 bits per heavy atom. The van der Waals surface area contributed by atoms with Gasteiger partial charge in [-0.3, -0.25) is 0 Å². The van der Waals surface area contributed by atoms with Gasteiger partial charge in [0.15, 0.2) is 0 Å². The molecule has 0 N–H and O–H groups in total. The molecule has 0 saturated carbocycles. The Bertz CT molecular complexity index is 3940. The largest absolute Gasteiger partial charge is 0.311 e. The molecule has 3 heteroatoms. The quantitative estimate of drug-likeness (QED) is 0.125. The lowest BCUT2D eigenvalue weighted by molar-refractivity contribution is 0.589. The lowest BCUT2D eigenvalue weighted by Gasteiger charge is -2.45. The molecule has 10 aromatic rings. The first-order chi connectivity index (χ1) is 37.3. The minimum absolute atomic E-state index is 0.0200. The minimum atomic E-state index is -0.118. The summed E-state index contributed by atoms with van der Waals surface area (Å²) in [5.41, 5.74) is 25.4. The van der Waals surface area contributed by atoms with Crippen LogP contribution in [-0.2, 0) is 27.1 Å². The average molecular weight is 1030 g/mol. The first-order valence-electron chi connectivity index (χ1n) is 28.8. The van der Waals surface area contributed by atoms with Gasteiger partial charge < -0.3 is 9.80 Å². The van der Waals surface area contributed by atoms with Crippen LogP contribution >= 0.6 is 0 Å². The topological polar surface area (TPSA) is 6.48 Å². The molecule has 0 aliphatic carbocycles. The Kier molecular flexibility index (Phi) is 12.2. The summed E-state index contributed by atoms with van der Waals surface area (Å²) in [4.78, 5) is 5.17. The summed E-state index contributed by atoms with van der Waals surface area (Å²) in [5.74, 6) is 0. The summed E-state index contributed by atoms with van der Waals surface area (Å²) >= 11 is 0. The van der Waals surface area contributed by atoms with Crippen molar-refractivity contribution in [3.63, 3.8) is 0 Å². The van der Waals surface area contributed by atoms with E-state index in [2.05, 4.69) is 308 Å². The van der Waals surface area contributed by atoms with E-state index in [1.807, 2.05) is 0 Å². The maximum absolute atomic E-state index is 2.60. The number of anilines is 6. The van der Waals surface area contributed by atoms with Crippen LogP contribution in [0.25, 0.3) is 54.9 Å². The second kappa shape index (κ2) is 18.5. The zero-order valence-electron chi connectivity index (χ0n) is 49.4. The molecule has 12 rings (SSSR count). The van der Waals surface area contributed by atoms with E-state index in [0.717, 1.165) is 0 Å². The zero-order chi connectivity index (χ0) is 55.7. The van der Waals surface area contributed by atoms with Gasteiger partial charge >= 0.3 is 0 Å². The van der Waals surface area contributed by atoms with Crippen LogP contribution in [0.4, 0.5) is 34.1 Å². The highest BCUT2D eigenvalue weighted by Crippen LogP contribution is 2.49. The van der Waals surface area contributed by atoms with E-state index in [1.54, 1.807) is 0 Å². The van der Waals surface area contributed by atoms with Crippen molar-refractivity contribution in [3.8, 4) is 33.4 Å². The van der Waals surface area contributed by atoms with E-state index in [0.29, 0.717) is 0 Å². The molecule has 79 heavy (non-hydrogen) atoms. The van der Waals surface area contributed by atoms with E-state index < -0.39 is 0 Å². The van der Waals surface area contributed by atoms with Crippen LogP contribution in [0.5, 0.6) is 0 Å². The Labute approximate surface area is 472 Å². The molecule has 0 amide bonds. The fourth-order valence-electron chi connectivity index (χ4n) is 12.6. The van der Waals surface area contributed by atoms with Crippen LogP contribution in [0, 0.1) is 0 Å². The van der Waals surface area contributed by atoms with Gasteiger partial charge in [-0.15, -0.1) is 0 Å². The van der Waals surface area contributed by atoms with E-state index in [-0.39, 0.29) is 33.8 Å². The number of hydrogen-bond donors (Lipinski definition) is 0. The van der Waals surface area contributed by atoms with Gasteiger partial charge in [0.1, 0.15) is 0 Å². The molecule has 2 aliphatic rings. The molecule has 2 heterocycles. The van der Waals surface area contributed by atoms with Gasteiger partial charge in [0, 0.05) is 34.1 Å². The van der Waals surface area contributed by atoms with E-state index in [4.69, 9.17) is 0 Å². The summed E-state index contributed by atoms with van der Waals surface area (Å²) in [6.07, 6.45) is 0. The predicted molar refractivity (Wildman–Crippen MR) is 345 cm³/mol. The molecule has 0 atom stereocenters. The number of hydrogen-bond acceptors (Lipinski definition) is 2. The van der Waals surface area contributed by atoms with Crippen LogP contribution in [0.1, 0.15) is 132 Å². The molecule has 0 fully saturated rings. The van der Waals surface area contributed by atoms with Gasteiger partial charge in [-0.2, -0.15) is 0 Å².